The number of nitrogens with zero attached hydrogens (tertiary/aromatic N) is 1. The monoisotopic (exact) mass is 368 g/mol. The van der Waals surface area contributed by atoms with Crippen LogP contribution in [0.1, 0.15) is 17.5 Å². The van der Waals surface area contributed by atoms with E-state index in [0.29, 0.717) is 12.8 Å². The molecule has 6 heteroatoms. The summed E-state index contributed by atoms with van der Waals surface area (Å²) in [5.41, 5.74) is 2.63. The number of nitrogens with one attached hydrogen (secondary N) is 1. The number of hydrogen-bond acceptors (Lipinski definition) is 3. The number of aromatic nitrogens is 1. The van der Waals surface area contributed by atoms with Gasteiger partial charge in [-0.15, -0.1) is 0 Å². The number of hydrogen-bond donors (Lipinski definition) is 2. The van der Waals surface area contributed by atoms with Crippen LogP contribution in [-0.2, 0) is 17.8 Å². The van der Waals surface area contributed by atoms with Crippen molar-refractivity contribution in [3.63, 3.8) is 0 Å². The Kier molecular flexibility index (Phi) is 4.81. The van der Waals surface area contributed by atoms with Crippen molar-refractivity contribution in [2.24, 2.45) is 0 Å². The summed E-state index contributed by atoms with van der Waals surface area (Å²) in [5, 5.41) is 11.0. The number of ether oxygens (including phenoxy) is 1. The first-order chi connectivity index (χ1) is 13.1. The van der Waals surface area contributed by atoms with Crippen LogP contribution in [0.4, 0.5) is 9.18 Å². The van der Waals surface area contributed by atoms with Gasteiger partial charge >= 0.3 is 6.09 Å². The maximum absolute atomic E-state index is 13.4. The third kappa shape index (κ3) is 3.80. The molecular formula is C21H21FN2O3. The first-order valence-corrected chi connectivity index (χ1v) is 9.01. The summed E-state index contributed by atoms with van der Waals surface area (Å²) in [6, 6.07) is 13.9. The molecule has 140 valence electrons. The molecule has 1 aliphatic rings. The molecule has 2 heterocycles. The molecular weight excluding hydrogens is 347 g/mol. The molecule has 0 aliphatic carbocycles. The molecule has 0 bridgehead atoms. The average Bonchev–Trinajstić information content (AvgIpc) is 3.24. The SMILES string of the molecule is O=C(OCc1ccccc1)N1C[C@@H](O)C[C@H]1Cc1c[nH]c2cc(F)ccc12. The summed E-state index contributed by atoms with van der Waals surface area (Å²) < 4.78 is 18.8. The number of likely N-dealkylation sites (tertiary alicyclic amines) is 1. The van der Waals surface area contributed by atoms with Crippen molar-refractivity contribution < 1.29 is 19.0 Å². The van der Waals surface area contributed by atoms with Crippen molar-refractivity contribution in [3.8, 4) is 0 Å². The van der Waals surface area contributed by atoms with E-state index in [2.05, 4.69) is 4.98 Å². The fourth-order valence-electron chi connectivity index (χ4n) is 3.69. The Morgan fingerprint density at radius 2 is 2.07 bits per heavy atom. The van der Waals surface area contributed by atoms with Gasteiger partial charge in [-0.2, -0.15) is 0 Å². The molecule has 4 rings (SSSR count). The number of benzene rings is 2. The topological polar surface area (TPSA) is 65.6 Å². The molecule has 2 aromatic carbocycles. The lowest BCUT2D eigenvalue weighted by Gasteiger charge is -2.23. The lowest BCUT2D eigenvalue weighted by molar-refractivity contribution is 0.0877. The van der Waals surface area contributed by atoms with Gasteiger partial charge in [-0.25, -0.2) is 9.18 Å². The number of carbonyl (C=O) groups excluding carboxylic acids is 1. The fourth-order valence-corrected chi connectivity index (χ4v) is 3.69. The van der Waals surface area contributed by atoms with E-state index in [4.69, 9.17) is 4.74 Å². The van der Waals surface area contributed by atoms with Crippen molar-refractivity contribution in [1.29, 1.82) is 0 Å². The molecule has 2 N–H and O–H groups in total. The number of halogens is 1. The number of H-pyrrole nitrogens is 1. The number of aliphatic hydroxyl groups is 1. The summed E-state index contributed by atoms with van der Waals surface area (Å²) >= 11 is 0. The smallest absolute Gasteiger partial charge is 0.410 e. The van der Waals surface area contributed by atoms with Gasteiger partial charge in [-0.1, -0.05) is 30.3 Å². The standard InChI is InChI=1S/C21H21FN2O3/c22-16-6-7-19-15(11-23-20(19)9-16)8-17-10-18(25)12-24(17)21(26)27-13-14-4-2-1-3-5-14/h1-7,9,11,17-18,23,25H,8,10,12-13H2/t17-,18+/m1/s1. The van der Waals surface area contributed by atoms with Crippen LogP contribution in [-0.4, -0.2) is 39.8 Å². The predicted molar refractivity (Wildman–Crippen MR) is 99.7 cm³/mol. The normalized spacial score (nSPS) is 19.6. The molecule has 1 saturated heterocycles. The van der Waals surface area contributed by atoms with Crippen LogP contribution in [0, 0.1) is 5.82 Å². The minimum atomic E-state index is -0.568. The first kappa shape index (κ1) is 17.5. The van der Waals surface area contributed by atoms with Gasteiger partial charge in [0.05, 0.1) is 12.6 Å². The number of aliphatic hydroxyl groups excluding tert-OH is 1. The molecule has 0 spiro atoms. The van der Waals surface area contributed by atoms with Crippen LogP contribution in [0.25, 0.3) is 10.9 Å². The Bertz CT molecular complexity index is 941. The molecule has 1 fully saturated rings. The second-order valence-corrected chi connectivity index (χ2v) is 6.94. The van der Waals surface area contributed by atoms with Crippen LogP contribution in [0.15, 0.2) is 54.7 Å². The zero-order valence-corrected chi connectivity index (χ0v) is 14.8. The minimum Gasteiger partial charge on any atom is -0.445 e. The van der Waals surface area contributed by atoms with Crippen molar-refractivity contribution in [2.75, 3.05) is 6.54 Å². The summed E-state index contributed by atoms with van der Waals surface area (Å²) in [7, 11) is 0. The highest BCUT2D eigenvalue weighted by Gasteiger charge is 2.35. The average molecular weight is 368 g/mol. The Morgan fingerprint density at radius 1 is 1.26 bits per heavy atom. The number of aromatic amines is 1. The molecule has 27 heavy (non-hydrogen) atoms. The van der Waals surface area contributed by atoms with Crippen molar-refractivity contribution in [1.82, 2.24) is 9.88 Å². The van der Waals surface area contributed by atoms with E-state index in [1.54, 1.807) is 11.0 Å². The van der Waals surface area contributed by atoms with Gasteiger partial charge in [0.25, 0.3) is 0 Å². The lowest BCUT2D eigenvalue weighted by Crippen LogP contribution is -2.37. The lowest BCUT2D eigenvalue weighted by atomic mass is 10.0. The second-order valence-electron chi connectivity index (χ2n) is 6.94. The highest BCUT2D eigenvalue weighted by molar-refractivity contribution is 5.83. The van der Waals surface area contributed by atoms with E-state index in [9.17, 15) is 14.3 Å². The zero-order valence-electron chi connectivity index (χ0n) is 14.8. The maximum Gasteiger partial charge on any atom is 0.410 e. The highest BCUT2D eigenvalue weighted by atomic mass is 19.1. The van der Waals surface area contributed by atoms with E-state index in [0.717, 1.165) is 22.0 Å². The van der Waals surface area contributed by atoms with Crippen LogP contribution < -0.4 is 0 Å². The molecule has 1 aliphatic heterocycles. The maximum atomic E-state index is 13.4. The van der Waals surface area contributed by atoms with Gasteiger partial charge in [-0.05, 0) is 42.2 Å². The van der Waals surface area contributed by atoms with Crippen LogP contribution in [0.2, 0.25) is 0 Å². The fraction of sp³-hybridized carbons (Fsp3) is 0.286. The molecule has 0 radical (unpaired) electrons. The summed E-state index contributed by atoms with van der Waals surface area (Å²) in [5.74, 6) is -0.293. The molecule has 0 unspecified atom stereocenters. The number of β-amino-alcohol motifs (C(OH)–C–C–N with tert-alkyl or cyclic N) is 1. The summed E-state index contributed by atoms with van der Waals surface area (Å²) in [4.78, 5) is 17.2. The Labute approximate surface area is 156 Å². The molecule has 2 atom stereocenters. The van der Waals surface area contributed by atoms with E-state index >= 15 is 0 Å². The van der Waals surface area contributed by atoms with Crippen molar-refractivity contribution >= 4 is 17.0 Å². The van der Waals surface area contributed by atoms with Crippen LogP contribution >= 0.6 is 0 Å². The van der Waals surface area contributed by atoms with E-state index in [-0.39, 0.29) is 25.0 Å². The van der Waals surface area contributed by atoms with Gasteiger partial charge in [0.2, 0.25) is 0 Å². The number of rotatable bonds is 4. The van der Waals surface area contributed by atoms with Gasteiger partial charge in [0.1, 0.15) is 12.4 Å². The molecule has 3 aromatic rings. The van der Waals surface area contributed by atoms with Gasteiger partial charge in [0.15, 0.2) is 0 Å². The van der Waals surface area contributed by atoms with Gasteiger partial charge in [-0.3, -0.25) is 0 Å². The van der Waals surface area contributed by atoms with E-state index in [1.807, 2.05) is 36.5 Å². The largest absolute Gasteiger partial charge is 0.445 e. The Balaban J connectivity index is 1.46. The number of fused-ring (bicyclic) bond motifs is 1. The quantitative estimate of drug-likeness (QED) is 0.739. The zero-order chi connectivity index (χ0) is 18.8. The van der Waals surface area contributed by atoms with Crippen molar-refractivity contribution in [2.45, 2.75) is 31.6 Å². The Hall–Kier alpha value is -2.86. The second kappa shape index (κ2) is 7.40. The highest BCUT2D eigenvalue weighted by Crippen LogP contribution is 2.27. The van der Waals surface area contributed by atoms with Crippen LogP contribution in [0.5, 0.6) is 0 Å². The number of amides is 1. The Morgan fingerprint density at radius 3 is 2.89 bits per heavy atom. The van der Waals surface area contributed by atoms with Gasteiger partial charge < -0.3 is 19.7 Å². The van der Waals surface area contributed by atoms with Gasteiger partial charge in [0, 0.05) is 23.1 Å². The third-order valence-corrected chi connectivity index (χ3v) is 5.02. The van der Waals surface area contributed by atoms with Crippen LogP contribution in [0.3, 0.4) is 0 Å². The summed E-state index contributed by atoms with van der Waals surface area (Å²) in [6.07, 6.45) is 1.91. The molecule has 1 aromatic heterocycles. The molecule has 1 amide bonds. The minimum absolute atomic E-state index is 0.160. The summed E-state index contributed by atoms with van der Waals surface area (Å²) in [6.45, 7) is 0.459. The van der Waals surface area contributed by atoms with E-state index in [1.165, 1.54) is 12.1 Å². The number of carbonyl (C=O) groups is 1. The van der Waals surface area contributed by atoms with E-state index < -0.39 is 12.2 Å². The molecule has 0 saturated carbocycles. The predicted octanol–water partition coefficient (Wildman–Crippen LogP) is 3.62. The first-order valence-electron chi connectivity index (χ1n) is 9.01. The third-order valence-electron chi connectivity index (χ3n) is 5.02. The molecule has 5 nitrogen and oxygen atoms in total. The van der Waals surface area contributed by atoms with Crippen molar-refractivity contribution in [3.05, 3.63) is 71.7 Å².